The Morgan fingerprint density at radius 2 is 2.12 bits per heavy atom. The monoisotopic (exact) mass is 388 g/mol. The average molecular weight is 388 g/mol. The van der Waals surface area contributed by atoms with E-state index >= 15 is 0 Å². The number of thiazole rings is 1. The number of aliphatic carboxylic acids is 1. The molecule has 0 bridgehead atoms. The number of aromatic nitrogens is 1. The fraction of sp³-hybridized carbons (Fsp3) is 0.571. The van der Waals surface area contributed by atoms with Crippen molar-refractivity contribution in [2.75, 3.05) is 6.61 Å². The summed E-state index contributed by atoms with van der Waals surface area (Å²) in [6, 6.07) is -1.45. The fourth-order valence-corrected chi connectivity index (χ4v) is 6.16. The summed E-state index contributed by atoms with van der Waals surface area (Å²) in [5, 5.41) is 10.3. The van der Waals surface area contributed by atoms with Crippen LogP contribution in [-0.2, 0) is 35.4 Å². The average Bonchev–Trinajstić information content (AvgIpc) is 3.04. The molecule has 0 aromatic carbocycles. The van der Waals surface area contributed by atoms with Crippen LogP contribution in [-0.4, -0.2) is 64.0 Å². The highest BCUT2D eigenvalue weighted by Gasteiger charge is 2.72. The topological polar surface area (TPSA) is 131 Å². The first kappa shape index (κ1) is 17.8. The largest absolute Gasteiger partial charge is 0.480 e. The molecule has 11 heteroatoms. The van der Waals surface area contributed by atoms with E-state index in [9.17, 15) is 27.9 Å². The van der Waals surface area contributed by atoms with Gasteiger partial charge in [-0.05, 0) is 13.8 Å². The van der Waals surface area contributed by atoms with E-state index in [0.29, 0.717) is 5.01 Å². The third-order valence-electron chi connectivity index (χ3n) is 4.61. The summed E-state index contributed by atoms with van der Waals surface area (Å²) in [4.78, 5) is 40.3. The van der Waals surface area contributed by atoms with E-state index in [1.165, 1.54) is 25.2 Å². The summed E-state index contributed by atoms with van der Waals surface area (Å²) in [5.74, 6) is -3.70. The van der Waals surface area contributed by atoms with Gasteiger partial charge in [0, 0.05) is 11.6 Å². The van der Waals surface area contributed by atoms with Gasteiger partial charge in [-0.25, -0.2) is 18.2 Å². The van der Waals surface area contributed by atoms with Gasteiger partial charge in [-0.2, -0.15) is 0 Å². The van der Waals surface area contributed by atoms with E-state index < -0.39 is 56.4 Å². The van der Waals surface area contributed by atoms with Gasteiger partial charge in [0.15, 0.2) is 15.2 Å². The van der Waals surface area contributed by atoms with Gasteiger partial charge in [-0.15, -0.1) is 11.3 Å². The van der Waals surface area contributed by atoms with Gasteiger partial charge in [-0.3, -0.25) is 9.59 Å². The summed E-state index contributed by atoms with van der Waals surface area (Å²) in [6.07, 6.45) is 1.47. The van der Waals surface area contributed by atoms with E-state index in [-0.39, 0.29) is 6.42 Å². The van der Waals surface area contributed by atoms with Crippen molar-refractivity contribution >= 4 is 39.0 Å². The Balaban J connectivity index is 1.72. The van der Waals surface area contributed by atoms with Crippen LogP contribution in [0.25, 0.3) is 0 Å². The minimum absolute atomic E-state index is 0.0665. The molecule has 0 unspecified atom stereocenters. The number of carboxylic acid groups (broad SMARTS) is 1. The zero-order chi connectivity index (χ0) is 18.6. The second-order valence-electron chi connectivity index (χ2n) is 6.42. The van der Waals surface area contributed by atoms with Crippen molar-refractivity contribution in [2.24, 2.45) is 5.92 Å². The van der Waals surface area contributed by atoms with Crippen LogP contribution in [0.4, 0.5) is 0 Å². The van der Waals surface area contributed by atoms with Crippen molar-refractivity contribution in [3.63, 3.8) is 0 Å². The summed E-state index contributed by atoms with van der Waals surface area (Å²) < 4.78 is 28.7. The van der Waals surface area contributed by atoms with E-state index in [1.807, 2.05) is 0 Å². The van der Waals surface area contributed by atoms with Crippen molar-refractivity contribution in [3.8, 4) is 0 Å². The standard InChI is InChI=1S/C14H16N2O7S2/c1-14(2)10(13(19)20)16-11(18)7(12(16)25(14,21)22)6-23-9(17)5-8-15-3-4-24-8/h3-4,7,10,12H,5-6H2,1-2H3,(H,19,20)/t7-,10+,12-/m1/s1. The zero-order valence-corrected chi connectivity index (χ0v) is 15.0. The number of nitrogens with zero attached hydrogens (tertiary/aromatic N) is 2. The number of fused-ring (bicyclic) bond motifs is 1. The molecular formula is C14H16N2O7S2. The van der Waals surface area contributed by atoms with Gasteiger partial charge < -0.3 is 14.7 Å². The SMILES string of the molecule is CC1(C)[C@H](C(=O)O)N2C(=O)[C@@H](COC(=O)Cc3nccs3)[C@H]2S1(=O)=O. The number of carbonyl (C=O) groups is 3. The fourth-order valence-electron chi connectivity index (χ4n) is 3.26. The number of sulfone groups is 1. The summed E-state index contributed by atoms with van der Waals surface area (Å²) in [6.45, 7) is 2.18. The lowest BCUT2D eigenvalue weighted by molar-refractivity contribution is -0.168. The number of esters is 1. The second kappa shape index (κ2) is 5.77. The number of carboxylic acids is 1. The smallest absolute Gasteiger partial charge is 0.328 e. The lowest BCUT2D eigenvalue weighted by atomic mass is 9.92. The highest BCUT2D eigenvalue weighted by Crippen LogP contribution is 2.48. The molecule has 136 valence electrons. The van der Waals surface area contributed by atoms with Gasteiger partial charge in [-0.1, -0.05) is 0 Å². The number of carbonyl (C=O) groups excluding carboxylic acids is 2. The molecular weight excluding hydrogens is 372 g/mol. The molecule has 1 aromatic heterocycles. The summed E-state index contributed by atoms with van der Waals surface area (Å²) in [5.41, 5.74) is 0. The first-order chi connectivity index (χ1) is 11.6. The Labute approximate surface area is 147 Å². The molecule has 0 saturated carbocycles. The van der Waals surface area contributed by atoms with Crippen molar-refractivity contribution in [1.82, 2.24) is 9.88 Å². The lowest BCUT2D eigenvalue weighted by Crippen LogP contribution is -2.64. The maximum atomic E-state index is 12.6. The summed E-state index contributed by atoms with van der Waals surface area (Å²) >= 11 is 1.28. The molecule has 9 nitrogen and oxygen atoms in total. The van der Waals surface area contributed by atoms with Crippen molar-refractivity contribution in [3.05, 3.63) is 16.6 Å². The number of hydrogen-bond acceptors (Lipinski definition) is 8. The van der Waals surface area contributed by atoms with Crippen LogP contribution < -0.4 is 0 Å². The van der Waals surface area contributed by atoms with Crippen LogP contribution in [0.2, 0.25) is 0 Å². The van der Waals surface area contributed by atoms with Crippen molar-refractivity contribution in [1.29, 1.82) is 0 Å². The number of β-lactam (4-membered cyclic amide) rings is 1. The van der Waals surface area contributed by atoms with Crippen LogP contribution in [0.1, 0.15) is 18.9 Å². The quantitative estimate of drug-likeness (QED) is 0.536. The zero-order valence-electron chi connectivity index (χ0n) is 13.4. The van der Waals surface area contributed by atoms with Gasteiger partial charge in [0.05, 0.1) is 11.2 Å². The minimum Gasteiger partial charge on any atom is -0.480 e. The van der Waals surface area contributed by atoms with E-state index in [0.717, 1.165) is 4.90 Å². The molecule has 1 aromatic rings. The molecule has 1 amide bonds. The Bertz CT molecular complexity index is 831. The maximum Gasteiger partial charge on any atom is 0.328 e. The van der Waals surface area contributed by atoms with Crippen LogP contribution in [0.15, 0.2) is 11.6 Å². The van der Waals surface area contributed by atoms with Crippen LogP contribution in [0.5, 0.6) is 0 Å². The molecule has 2 aliphatic heterocycles. The highest BCUT2D eigenvalue weighted by molar-refractivity contribution is 7.93. The molecule has 0 radical (unpaired) electrons. The molecule has 2 saturated heterocycles. The van der Waals surface area contributed by atoms with Gasteiger partial charge >= 0.3 is 11.9 Å². The second-order valence-corrected chi connectivity index (χ2v) is 10.0. The third kappa shape index (κ3) is 2.53. The molecule has 0 spiro atoms. The third-order valence-corrected chi connectivity index (χ3v) is 8.28. The molecule has 2 aliphatic rings. The molecule has 0 aliphatic carbocycles. The first-order valence-corrected chi connectivity index (χ1v) is 9.84. The summed E-state index contributed by atoms with van der Waals surface area (Å²) in [7, 11) is -3.92. The van der Waals surface area contributed by atoms with E-state index in [1.54, 1.807) is 11.6 Å². The normalized spacial score (nSPS) is 29.0. The van der Waals surface area contributed by atoms with Crippen molar-refractivity contribution in [2.45, 2.75) is 36.4 Å². The Hall–Kier alpha value is -2.01. The number of ether oxygens (including phenoxy) is 1. The number of hydrogen-bond donors (Lipinski definition) is 1. The Morgan fingerprint density at radius 3 is 2.68 bits per heavy atom. The van der Waals surface area contributed by atoms with Crippen LogP contribution in [0.3, 0.4) is 0 Å². The van der Waals surface area contributed by atoms with Crippen molar-refractivity contribution < 1.29 is 32.6 Å². The van der Waals surface area contributed by atoms with Gasteiger partial charge in [0.1, 0.15) is 23.6 Å². The Morgan fingerprint density at radius 1 is 1.44 bits per heavy atom. The van der Waals surface area contributed by atoms with Crippen LogP contribution in [0, 0.1) is 5.92 Å². The number of rotatable bonds is 5. The molecule has 3 heterocycles. The van der Waals surface area contributed by atoms with Gasteiger partial charge in [0.25, 0.3) is 0 Å². The van der Waals surface area contributed by atoms with E-state index in [4.69, 9.17) is 4.74 Å². The molecule has 3 rings (SSSR count). The Kier molecular flexibility index (Phi) is 4.11. The highest BCUT2D eigenvalue weighted by atomic mass is 32.2. The molecule has 2 fully saturated rings. The maximum absolute atomic E-state index is 12.6. The minimum atomic E-state index is -3.92. The number of amides is 1. The van der Waals surface area contributed by atoms with Gasteiger partial charge in [0.2, 0.25) is 5.91 Å². The molecule has 3 atom stereocenters. The van der Waals surface area contributed by atoms with E-state index in [2.05, 4.69) is 4.98 Å². The predicted octanol–water partition coefficient (Wildman–Crippen LogP) is -0.326. The van der Waals surface area contributed by atoms with Crippen LogP contribution >= 0.6 is 11.3 Å². The predicted molar refractivity (Wildman–Crippen MR) is 85.3 cm³/mol. The molecule has 1 N–H and O–H groups in total. The molecule has 25 heavy (non-hydrogen) atoms. The first-order valence-electron chi connectivity index (χ1n) is 7.41. The lowest BCUT2D eigenvalue weighted by Gasteiger charge is -2.42.